The molecule has 6 nitrogen and oxygen atoms in total. The number of amides is 1. The number of carbonyl (C=O) groups excluding carboxylic acids is 1. The summed E-state index contributed by atoms with van der Waals surface area (Å²) < 4.78 is 7.65. The van der Waals surface area contributed by atoms with Crippen molar-refractivity contribution in [1.82, 2.24) is 14.7 Å². The number of nitrogens with zero attached hydrogens (tertiary/aromatic N) is 4. The van der Waals surface area contributed by atoms with E-state index in [2.05, 4.69) is 11.2 Å². The number of halogens is 1. The molecule has 3 aromatic carbocycles. The SMILES string of the molecule is N#Cc1ccc(OC2CN(C(=O)c3ccc(-n4cc(-c5ccc(Cl)cc5)cn4)cc3)C2)cc1. The zero-order chi connectivity index (χ0) is 22.8. The molecule has 7 heteroatoms. The highest BCUT2D eigenvalue weighted by Gasteiger charge is 2.32. The first-order chi connectivity index (χ1) is 16.1. The van der Waals surface area contributed by atoms with Crippen molar-refractivity contribution in [3.8, 4) is 28.6 Å². The molecule has 1 aliphatic heterocycles. The Labute approximate surface area is 196 Å². The molecule has 1 fully saturated rings. The Hall–Kier alpha value is -4.08. The van der Waals surface area contributed by atoms with Crippen LogP contribution in [0.5, 0.6) is 5.75 Å². The van der Waals surface area contributed by atoms with E-state index in [0.717, 1.165) is 16.8 Å². The summed E-state index contributed by atoms with van der Waals surface area (Å²) >= 11 is 5.96. The standard InChI is InChI=1S/C26H19ClN4O2/c27-22-7-3-19(4-8-22)21-14-29-31(15-21)23-9-5-20(6-10-23)26(32)30-16-25(17-30)33-24-11-1-18(13-28)2-12-24/h1-12,14-15,25H,16-17H2. The molecule has 2 heterocycles. The van der Waals surface area contributed by atoms with E-state index >= 15 is 0 Å². The van der Waals surface area contributed by atoms with E-state index in [4.69, 9.17) is 21.6 Å². The smallest absolute Gasteiger partial charge is 0.254 e. The van der Waals surface area contributed by atoms with Crippen molar-refractivity contribution in [2.75, 3.05) is 13.1 Å². The number of nitriles is 1. The predicted octanol–water partition coefficient (Wildman–Crippen LogP) is 4.97. The predicted molar refractivity (Wildman–Crippen MR) is 125 cm³/mol. The fourth-order valence-electron chi connectivity index (χ4n) is 3.67. The molecule has 0 spiro atoms. The van der Waals surface area contributed by atoms with Crippen LogP contribution >= 0.6 is 11.6 Å². The fraction of sp³-hybridized carbons (Fsp3) is 0.115. The summed E-state index contributed by atoms with van der Waals surface area (Å²) in [7, 11) is 0. The lowest BCUT2D eigenvalue weighted by molar-refractivity contribution is 0.0178. The molecule has 0 N–H and O–H groups in total. The van der Waals surface area contributed by atoms with Crippen LogP contribution in [0, 0.1) is 11.3 Å². The van der Waals surface area contributed by atoms with E-state index in [-0.39, 0.29) is 12.0 Å². The summed E-state index contributed by atoms with van der Waals surface area (Å²) in [5, 5.41) is 14.0. The Kier molecular flexibility index (Phi) is 5.55. The molecule has 33 heavy (non-hydrogen) atoms. The molecule has 1 aromatic heterocycles. The minimum atomic E-state index is -0.0449. The van der Waals surface area contributed by atoms with Crippen molar-refractivity contribution in [3.63, 3.8) is 0 Å². The van der Waals surface area contributed by atoms with Crippen LogP contribution in [-0.4, -0.2) is 39.8 Å². The number of likely N-dealkylation sites (tertiary alicyclic amines) is 1. The molecule has 0 bridgehead atoms. The first-order valence-corrected chi connectivity index (χ1v) is 10.8. The highest BCUT2D eigenvalue weighted by Crippen LogP contribution is 2.23. The van der Waals surface area contributed by atoms with Gasteiger partial charge in [-0.3, -0.25) is 4.79 Å². The number of aromatic nitrogens is 2. The minimum absolute atomic E-state index is 0.0245. The van der Waals surface area contributed by atoms with Crippen molar-refractivity contribution in [2.45, 2.75) is 6.10 Å². The molecule has 162 valence electrons. The molecule has 4 aromatic rings. The Bertz CT molecular complexity index is 1320. The van der Waals surface area contributed by atoms with Gasteiger partial charge in [-0.1, -0.05) is 23.7 Å². The van der Waals surface area contributed by atoms with Gasteiger partial charge >= 0.3 is 0 Å². The van der Waals surface area contributed by atoms with Crippen molar-refractivity contribution >= 4 is 17.5 Å². The average molecular weight is 455 g/mol. The first-order valence-electron chi connectivity index (χ1n) is 10.5. The van der Waals surface area contributed by atoms with Gasteiger partial charge in [0.25, 0.3) is 5.91 Å². The van der Waals surface area contributed by atoms with Gasteiger partial charge in [0.1, 0.15) is 11.9 Å². The summed E-state index contributed by atoms with van der Waals surface area (Å²) in [4.78, 5) is 14.5. The van der Waals surface area contributed by atoms with Gasteiger partial charge in [-0.2, -0.15) is 10.4 Å². The van der Waals surface area contributed by atoms with Gasteiger partial charge in [0.05, 0.1) is 36.6 Å². The summed E-state index contributed by atoms with van der Waals surface area (Å²) in [5.74, 6) is 0.677. The number of carbonyl (C=O) groups is 1. The largest absolute Gasteiger partial charge is 0.487 e. The van der Waals surface area contributed by atoms with E-state index in [9.17, 15) is 4.79 Å². The maximum absolute atomic E-state index is 12.8. The van der Waals surface area contributed by atoms with E-state index in [1.807, 2.05) is 54.7 Å². The maximum Gasteiger partial charge on any atom is 0.254 e. The van der Waals surface area contributed by atoms with Crippen molar-refractivity contribution in [3.05, 3.63) is 101 Å². The molecule has 1 aliphatic rings. The van der Waals surface area contributed by atoms with Gasteiger partial charge < -0.3 is 9.64 Å². The molecule has 0 atom stereocenters. The molecule has 0 saturated carbocycles. The van der Waals surface area contributed by atoms with Gasteiger partial charge in [-0.15, -0.1) is 0 Å². The van der Waals surface area contributed by atoms with Crippen LogP contribution in [0.25, 0.3) is 16.8 Å². The van der Waals surface area contributed by atoms with Gasteiger partial charge in [0.15, 0.2) is 0 Å². The second-order valence-corrected chi connectivity index (χ2v) is 8.25. The quantitative estimate of drug-likeness (QED) is 0.427. The monoisotopic (exact) mass is 454 g/mol. The van der Waals surface area contributed by atoms with E-state index in [1.54, 1.807) is 40.0 Å². The topological polar surface area (TPSA) is 71.2 Å². The van der Waals surface area contributed by atoms with E-state index in [1.165, 1.54) is 0 Å². The van der Waals surface area contributed by atoms with Crippen LogP contribution in [0.1, 0.15) is 15.9 Å². The lowest BCUT2D eigenvalue weighted by Crippen LogP contribution is -2.56. The number of ether oxygens (including phenoxy) is 1. The summed E-state index contributed by atoms with van der Waals surface area (Å²) in [6.45, 7) is 1.06. The third kappa shape index (κ3) is 4.45. The lowest BCUT2D eigenvalue weighted by atomic mass is 10.1. The second-order valence-electron chi connectivity index (χ2n) is 7.81. The Morgan fingerprint density at radius 1 is 0.970 bits per heavy atom. The summed E-state index contributed by atoms with van der Waals surface area (Å²) in [5.41, 5.74) is 4.11. The highest BCUT2D eigenvalue weighted by atomic mass is 35.5. The van der Waals surface area contributed by atoms with E-state index < -0.39 is 0 Å². The molecule has 0 aliphatic carbocycles. The van der Waals surface area contributed by atoms with Crippen LogP contribution in [0.3, 0.4) is 0 Å². The molecule has 1 amide bonds. The van der Waals surface area contributed by atoms with Crippen molar-refractivity contribution < 1.29 is 9.53 Å². The Balaban J connectivity index is 1.19. The highest BCUT2D eigenvalue weighted by molar-refractivity contribution is 6.30. The number of hydrogen-bond acceptors (Lipinski definition) is 4. The van der Waals surface area contributed by atoms with Gasteiger partial charge in [-0.05, 0) is 66.2 Å². The van der Waals surface area contributed by atoms with Crippen LogP contribution < -0.4 is 4.74 Å². The number of hydrogen-bond donors (Lipinski definition) is 0. The zero-order valence-electron chi connectivity index (χ0n) is 17.6. The van der Waals surface area contributed by atoms with Crippen LogP contribution in [0.4, 0.5) is 0 Å². The van der Waals surface area contributed by atoms with Crippen LogP contribution in [0.2, 0.25) is 5.02 Å². The summed E-state index contributed by atoms with van der Waals surface area (Å²) in [6.07, 6.45) is 3.70. The van der Waals surface area contributed by atoms with Crippen LogP contribution in [0.15, 0.2) is 85.2 Å². The number of rotatable bonds is 5. The average Bonchev–Trinajstić information content (AvgIpc) is 3.32. The molecular formula is C26H19ClN4O2. The normalized spacial score (nSPS) is 13.3. The lowest BCUT2D eigenvalue weighted by Gasteiger charge is -2.39. The maximum atomic E-state index is 12.8. The Morgan fingerprint density at radius 3 is 2.33 bits per heavy atom. The number of benzene rings is 3. The molecule has 0 radical (unpaired) electrons. The molecular weight excluding hydrogens is 436 g/mol. The van der Waals surface area contributed by atoms with Crippen molar-refractivity contribution in [1.29, 1.82) is 5.26 Å². The first kappa shape index (κ1) is 20.8. The third-order valence-electron chi connectivity index (χ3n) is 5.56. The van der Waals surface area contributed by atoms with Crippen molar-refractivity contribution in [2.24, 2.45) is 0 Å². The second kappa shape index (κ2) is 8.81. The molecule has 1 saturated heterocycles. The van der Waals surface area contributed by atoms with Gasteiger partial charge in [-0.25, -0.2) is 4.68 Å². The van der Waals surface area contributed by atoms with E-state index in [0.29, 0.717) is 35.0 Å². The van der Waals surface area contributed by atoms with Gasteiger partial charge in [0.2, 0.25) is 0 Å². The van der Waals surface area contributed by atoms with Gasteiger partial charge in [0, 0.05) is 22.3 Å². The zero-order valence-corrected chi connectivity index (χ0v) is 18.3. The molecule has 0 unspecified atom stereocenters. The van der Waals surface area contributed by atoms with Crippen LogP contribution in [-0.2, 0) is 0 Å². The minimum Gasteiger partial charge on any atom is -0.487 e. The third-order valence-corrected chi connectivity index (χ3v) is 5.81. The molecule has 5 rings (SSSR count). The summed E-state index contributed by atoms with van der Waals surface area (Å²) in [6, 6.07) is 24.1. The fourth-order valence-corrected chi connectivity index (χ4v) is 3.80. The Morgan fingerprint density at radius 2 is 1.67 bits per heavy atom.